The second-order valence-corrected chi connectivity index (χ2v) is 8.48. The van der Waals surface area contributed by atoms with Gasteiger partial charge in [-0.15, -0.1) is 0 Å². The number of benzene rings is 1. The highest BCUT2D eigenvalue weighted by atomic mass is 32.2. The molecule has 1 aromatic carbocycles. The Hall–Kier alpha value is -1.44. The van der Waals surface area contributed by atoms with E-state index >= 15 is 0 Å². The lowest BCUT2D eigenvalue weighted by atomic mass is 10.1. The highest BCUT2D eigenvalue weighted by Crippen LogP contribution is 2.22. The minimum absolute atomic E-state index is 0.0975. The van der Waals surface area contributed by atoms with Gasteiger partial charge in [-0.2, -0.15) is 4.31 Å². The molecule has 24 heavy (non-hydrogen) atoms. The van der Waals surface area contributed by atoms with E-state index < -0.39 is 10.0 Å². The molecule has 0 unspecified atom stereocenters. The summed E-state index contributed by atoms with van der Waals surface area (Å²) in [6.07, 6.45) is 2.87. The second-order valence-electron chi connectivity index (χ2n) is 6.54. The van der Waals surface area contributed by atoms with Crippen LogP contribution in [0, 0.1) is 0 Å². The van der Waals surface area contributed by atoms with E-state index in [1.54, 1.807) is 18.2 Å². The number of sulfonamides is 1. The number of carbonyl (C=O) groups excluding carboxylic acids is 1. The van der Waals surface area contributed by atoms with Crippen molar-refractivity contribution in [1.82, 2.24) is 14.5 Å². The van der Waals surface area contributed by atoms with Crippen molar-refractivity contribution < 1.29 is 13.2 Å². The Morgan fingerprint density at radius 1 is 1.17 bits per heavy atom. The second kappa shape index (κ2) is 7.21. The number of nitrogens with zero attached hydrogens (tertiary/aromatic N) is 2. The van der Waals surface area contributed by atoms with Crippen LogP contribution in [0.2, 0.25) is 0 Å². The van der Waals surface area contributed by atoms with Gasteiger partial charge in [0.15, 0.2) is 0 Å². The molecule has 2 saturated heterocycles. The zero-order valence-corrected chi connectivity index (χ0v) is 14.9. The highest BCUT2D eigenvalue weighted by molar-refractivity contribution is 7.89. The maximum absolute atomic E-state index is 12.8. The lowest BCUT2D eigenvalue weighted by Gasteiger charge is -2.34. The van der Waals surface area contributed by atoms with Crippen molar-refractivity contribution in [2.24, 2.45) is 0 Å². The Balaban J connectivity index is 1.84. The van der Waals surface area contributed by atoms with E-state index in [2.05, 4.69) is 5.32 Å². The van der Waals surface area contributed by atoms with Crippen molar-refractivity contribution in [3.63, 3.8) is 0 Å². The van der Waals surface area contributed by atoms with Gasteiger partial charge in [0.05, 0.1) is 4.90 Å². The van der Waals surface area contributed by atoms with Gasteiger partial charge in [-0.3, -0.25) is 4.79 Å². The van der Waals surface area contributed by atoms with Gasteiger partial charge in [0.1, 0.15) is 0 Å². The lowest BCUT2D eigenvalue weighted by Crippen LogP contribution is -2.52. The average molecular weight is 351 g/mol. The summed E-state index contributed by atoms with van der Waals surface area (Å²) in [4.78, 5) is 14.8. The fourth-order valence-corrected chi connectivity index (χ4v) is 4.92. The molecule has 2 aliphatic heterocycles. The van der Waals surface area contributed by atoms with Crippen LogP contribution in [-0.4, -0.2) is 62.3 Å². The molecule has 1 N–H and O–H groups in total. The molecule has 2 heterocycles. The Morgan fingerprint density at radius 3 is 2.62 bits per heavy atom. The molecule has 7 heteroatoms. The SMILES string of the molecule is C[C@H]1CNCCN1C(=O)c1cccc(S(=O)(=O)N2CCCCC2)c1. The number of piperidine rings is 1. The van der Waals surface area contributed by atoms with E-state index in [4.69, 9.17) is 0 Å². The number of piperazine rings is 1. The van der Waals surface area contributed by atoms with Crippen LogP contribution in [0.25, 0.3) is 0 Å². The molecule has 0 radical (unpaired) electrons. The molecule has 1 aromatic rings. The molecule has 0 saturated carbocycles. The summed E-state index contributed by atoms with van der Waals surface area (Å²) in [5, 5.41) is 3.25. The van der Waals surface area contributed by atoms with Crippen molar-refractivity contribution in [1.29, 1.82) is 0 Å². The molecule has 0 bridgehead atoms. The number of rotatable bonds is 3. The minimum Gasteiger partial charge on any atom is -0.333 e. The molecule has 2 aliphatic rings. The van der Waals surface area contributed by atoms with Crippen LogP contribution >= 0.6 is 0 Å². The highest BCUT2D eigenvalue weighted by Gasteiger charge is 2.28. The predicted molar refractivity (Wildman–Crippen MR) is 92.4 cm³/mol. The molecule has 1 atom stereocenters. The molecule has 0 spiro atoms. The normalized spacial score (nSPS) is 23.2. The topological polar surface area (TPSA) is 69.7 Å². The largest absolute Gasteiger partial charge is 0.333 e. The Bertz CT molecular complexity index is 699. The summed E-state index contributed by atoms with van der Waals surface area (Å²) in [5.41, 5.74) is 0.446. The summed E-state index contributed by atoms with van der Waals surface area (Å²) in [5.74, 6) is -0.0975. The van der Waals surface area contributed by atoms with Gasteiger partial charge in [0.2, 0.25) is 10.0 Å². The lowest BCUT2D eigenvalue weighted by molar-refractivity contribution is 0.0655. The van der Waals surface area contributed by atoms with Gasteiger partial charge in [0, 0.05) is 44.3 Å². The molecule has 0 aromatic heterocycles. The summed E-state index contributed by atoms with van der Waals surface area (Å²) in [6.45, 7) is 5.30. The monoisotopic (exact) mass is 351 g/mol. The fourth-order valence-electron chi connectivity index (χ4n) is 3.35. The van der Waals surface area contributed by atoms with Gasteiger partial charge in [-0.25, -0.2) is 8.42 Å². The summed E-state index contributed by atoms with van der Waals surface area (Å²) in [6, 6.07) is 6.58. The summed E-state index contributed by atoms with van der Waals surface area (Å²) in [7, 11) is -3.51. The van der Waals surface area contributed by atoms with Crippen LogP contribution in [0.1, 0.15) is 36.5 Å². The maximum Gasteiger partial charge on any atom is 0.254 e. The van der Waals surface area contributed by atoms with Gasteiger partial charge in [0.25, 0.3) is 5.91 Å². The van der Waals surface area contributed by atoms with Crippen molar-refractivity contribution >= 4 is 15.9 Å². The minimum atomic E-state index is -3.51. The van der Waals surface area contributed by atoms with Crippen LogP contribution < -0.4 is 5.32 Å². The first-order valence-corrected chi connectivity index (χ1v) is 10.1. The number of carbonyl (C=O) groups is 1. The van der Waals surface area contributed by atoms with Crippen molar-refractivity contribution in [3.8, 4) is 0 Å². The maximum atomic E-state index is 12.8. The average Bonchev–Trinajstić information content (AvgIpc) is 2.62. The van der Waals surface area contributed by atoms with Crippen LogP contribution in [-0.2, 0) is 10.0 Å². The van der Waals surface area contributed by atoms with E-state index in [0.29, 0.717) is 25.2 Å². The van der Waals surface area contributed by atoms with Crippen molar-refractivity contribution in [2.45, 2.75) is 37.1 Å². The van der Waals surface area contributed by atoms with Gasteiger partial charge in [-0.1, -0.05) is 12.5 Å². The third-order valence-electron chi connectivity index (χ3n) is 4.80. The molecular formula is C17H25N3O3S. The van der Waals surface area contributed by atoms with Crippen LogP contribution in [0.15, 0.2) is 29.2 Å². The van der Waals surface area contributed by atoms with Crippen molar-refractivity contribution in [3.05, 3.63) is 29.8 Å². The molecule has 0 aliphatic carbocycles. The molecular weight excluding hydrogens is 326 g/mol. The summed E-state index contributed by atoms with van der Waals surface area (Å²) < 4.78 is 27.1. The predicted octanol–water partition coefficient (Wildman–Crippen LogP) is 1.30. The van der Waals surface area contributed by atoms with Crippen LogP contribution in [0.3, 0.4) is 0 Å². The zero-order chi connectivity index (χ0) is 17.2. The van der Waals surface area contributed by atoms with Crippen LogP contribution in [0.4, 0.5) is 0 Å². The van der Waals surface area contributed by atoms with E-state index in [1.165, 1.54) is 10.4 Å². The summed E-state index contributed by atoms with van der Waals surface area (Å²) >= 11 is 0. The van der Waals surface area contributed by atoms with Gasteiger partial charge >= 0.3 is 0 Å². The van der Waals surface area contributed by atoms with Gasteiger partial charge < -0.3 is 10.2 Å². The Morgan fingerprint density at radius 2 is 1.92 bits per heavy atom. The van der Waals surface area contributed by atoms with E-state index in [0.717, 1.165) is 32.4 Å². The van der Waals surface area contributed by atoms with E-state index in [-0.39, 0.29) is 16.8 Å². The molecule has 1 amide bonds. The number of hydrogen-bond donors (Lipinski definition) is 1. The smallest absolute Gasteiger partial charge is 0.254 e. The number of hydrogen-bond acceptors (Lipinski definition) is 4. The molecule has 2 fully saturated rings. The number of nitrogens with one attached hydrogen (secondary N) is 1. The molecule has 3 rings (SSSR count). The van der Waals surface area contributed by atoms with E-state index in [9.17, 15) is 13.2 Å². The van der Waals surface area contributed by atoms with E-state index in [1.807, 2.05) is 11.8 Å². The van der Waals surface area contributed by atoms with Crippen LogP contribution in [0.5, 0.6) is 0 Å². The van der Waals surface area contributed by atoms with Gasteiger partial charge in [-0.05, 0) is 38.0 Å². The Labute approximate surface area is 143 Å². The first-order chi connectivity index (χ1) is 11.5. The number of amides is 1. The first-order valence-electron chi connectivity index (χ1n) is 8.62. The first kappa shape index (κ1) is 17.4. The standard InChI is InChI=1S/C17H25N3O3S/c1-14-13-18-8-11-20(14)17(21)15-6-5-7-16(12-15)24(22,23)19-9-3-2-4-10-19/h5-7,12,14,18H,2-4,8-11,13H2,1H3/t14-/m0/s1. The molecule has 132 valence electrons. The third-order valence-corrected chi connectivity index (χ3v) is 6.69. The third kappa shape index (κ3) is 3.48. The Kier molecular flexibility index (Phi) is 5.22. The van der Waals surface area contributed by atoms with Crippen molar-refractivity contribution in [2.75, 3.05) is 32.7 Å². The zero-order valence-electron chi connectivity index (χ0n) is 14.1. The fraction of sp³-hybridized carbons (Fsp3) is 0.588. The quantitative estimate of drug-likeness (QED) is 0.891. The molecule has 6 nitrogen and oxygen atoms in total.